The Kier molecular flexibility index (Phi) is 6.45. The van der Waals surface area contributed by atoms with Crippen LogP contribution in [0.4, 0.5) is 0 Å². The first-order valence-electron chi connectivity index (χ1n) is 10.6. The maximum atomic E-state index is 12.9. The summed E-state index contributed by atoms with van der Waals surface area (Å²) in [6.45, 7) is 2.65. The first-order chi connectivity index (χ1) is 14.7. The van der Waals surface area contributed by atoms with E-state index >= 15 is 0 Å². The molecule has 4 heteroatoms. The van der Waals surface area contributed by atoms with Gasteiger partial charge < -0.3 is 15.4 Å². The average molecular weight is 401 g/mol. The molecule has 3 aromatic rings. The molecule has 4 rings (SSSR count). The number of amides is 1. The van der Waals surface area contributed by atoms with Crippen LogP contribution < -0.4 is 10.5 Å². The number of carbonyl (C=O) groups excluding carboxylic acids is 1. The Labute approximate surface area is 178 Å². The van der Waals surface area contributed by atoms with Crippen molar-refractivity contribution in [2.24, 2.45) is 5.73 Å². The molecule has 1 heterocycles. The van der Waals surface area contributed by atoms with E-state index < -0.39 is 0 Å². The van der Waals surface area contributed by atoms with Gasteiger partial charge in [0.05, 0.1) is 0 Å². The van der Waals surface area contributed by atoms with Crippen LogP contribution in [0.3, 0.4) is 0 Å². The molecule has 0 saturated carbocycles. The minimum atomic E-state index is 0.0961. The molecule has 1 saturated heterocycles. The van der Waals surface area contributed by atoms with Gasteiger partial charge in [0.2, 0.25) is 0 Å². The fourth-order valence-corrected chi connectivity index (χ4v) is 4.01. The van der Waals surface area contributed by atoms with Crippen molar-refractivity contribution in [2.45, 2.75) is 31.9 Å². The molecule has 3 aromatic carbocycles. The zero-order valence-electron chi connectivity index (χ0n) is 17.2. The Balaban J connectivity index is 1.31. The quantitative estimate of drug-likeness (QED) is 0.650. The van der Waals surface area contributed by atoms with Crippen molar-refractivity contribution in [2.75, 3.05) is 13.1 Å². The minimum Gasteiger partial charge on any atom is -0.489 e. The number of nitrogens with two attached hydrogens (primary N) is 1. The maximum absolute atomic E-state index is 12.9. The van der Waals surface area contributed by atoms with Crippen molar-refractivity contribution in [3.63, 3.8) is 0 Å². The lowest BCUT2D eigenvalue weighted by atomic mass is 9.88. The van der Waals surface area contributed by atoms with Gasteiger partial charge in [0.15, 0.2) is 0 Å². The van der Waals surface area contributed by atoms with Crippen molar-refractivity contribution in [1.82, 2.24) is 4.90 Å². The molecule has 154 valence electrons. The van der Waals surface area contributed by atoms with Gasteiger partial charge in [0, 0.05) is 25.2 Å². The summed E-state index contributed by atoms with van der Waals surface area (Å²) < 4.78 is 5.82. The highest BCUT2D eigenvalue weighted by Crippen LogP contribution is 2.29. The van der Waals surface area contributed by atoms with E-state index in [1.807, 2.05) is 59.5 Å². The summed E-state index contributed by atoms with van der Waals surface area (Å²) in [6.07, 6.45) is 1.97. The molecular formula is C26H28N2O2. The topological polar surface area (TPSA) is 55.6 Å². The summed E-state index contributed by atoms with van der Waals surface area (Å²) >= 11 is 0. The number of piperidine rings is 1. The maximum Gasteiger partial charge on any atom is 0.253 e. The Hall–Kier alpha value is -3.11. The summed E-state index contributed by atoms with van der Waals surface area (Å²) in [5.74, 6) is 1.36. The Morgan fingerprint density at radius 2 is 1.60 bits per heavy atom. The van der Waals surface area contributed by atoms with Crippen LogP contribution in [0.5, 0.6) is 5.75 Å². The Morgan fingerprint density at radius 3 is 2.30 bits per heavy atom. The van der Waals surface area contributed by atoms with Crippen molar-refractivity contribution in [3.8, 4) is 5.75 Å². The number of ether oxygens (including phenoxy) is 1. The number of nitrogens with zero attached hydrogens (tertiary/aromatic N) is 1. The molecule has 0 radical (unpaired) electrons. The van der Waals surface area contributed by atoms with E-state index in [9.17, 15) is 4.79 Å². The second kappa shape index (κ2) is 9.59. The monoisotopic (exact) mass is 400 g/mol. The van der Waals surface area contributed by atoms with E-state index in [4.69, 9.17) is 10.5 Å². The van der Waals surface area contributed by atoms with Gasteiger partial charge in [0.1, 0.15) is 12.4 Å². The summed E-state index contributed by atoms with van der Waals surface area (Å²) in [5.41, 5.74) is 10.1. The van der Waals surface area contributed by atoms with Crippen LogP contribution in [0.15, 0.2) is 78.9 Å². The van der Waals surface area contributed by atoms with Crippen molar-refractivity contribution in [3.05, 3.63) is 101 Å². The second-order valence-corrected chi connectivity index (χ2v) is 7.81. The molecular weight excluding hydrogens is 372 g/mol. The van der Waals surface area contributed by atoms with Gasteiger partial charge in [-0.15, -0.1) is 0 Å². The number of benzene rings is 3. The standard InChI is InChI=1S/C26H28N2O2/c27-18-21-7-4-8-24(17-21)22-13-15-28(16-14-22)26(29)23-9-11-25(12-10-23)30-19-20-5-2-1-3-6-20/h1-12,17,22H,13-16,18-19,27H2. The van der Waals surface area contributed by atoms with Crippen LogP contribution in [0.2, 0.25) is 0 Å². The van der Waals surface area contributed by atoms with Gasteiger partial charge in [-0.05, 0) is 59.7 Å². The van der Waals surface area contributed by atoms with Gasteiger partial charge in [-0.1, -0.05) is 54.6 Å². The van der Waals surface area contributed by atoms with E-state index in [1.54, 1.807) is 0 Å². The van der Waals surface area contributed by atoms with Crippen molar-refractivity contribution >= 4 is 5.91 Å². The van der Waals surface area contributed by atoms with E-state index in [0.717, 1.165) is 37.2 Å². The number of carbonyl (C=O) groups is 1. The van der Waals surface area contributed by atoms with Crippen LogP contribution in [0, 0.1) is 0 Å². The molecule has 2 N–H and O–H groups in total. The molecule has 4 nitrogen and oxygen atoms in total. The SMILES string of the molecule is NCc1cccc(C2CCN(C(=O)c3ccc(OCc4ccccc4)cc3)CC2)c1. The summed E-state index contributed by atoms with van der Waals surface area (Å²) in [6, 6.07) is 26.1. The van der Waals surface area contributed by atoms with Gasteiger partial charge in [0.25, 0.3) is 5.91 Å². The summed E-state index contributed by atoms with van der Waals surface area (Å²) in [4.78, 5) is 14.9. The lowest BCUT2D eigenvalue weighted by Crippen LogP contribution is -2.37. The van der Waals surface area contributed by atoms with Crippen LogP contribution >= 0.6 is 0 Å². The molecule has 0 bridgehead atoms. The molecule has 0 atom stereocenters. The third-order valence-corrected chi connectivity index (χ3v) is 5.79. The highest BCUT2D eigenvalue weighted by molar-refractivity contribution is 5.94. The highest BCUT2D eigenvalue weighted by atomic mass is 16.5. The molecule has 0 unspecified atom stereocenters. The minimum absolute atomic E-state index is 0.0961. The molecule has 1 aliphatic heterocycles. The van der Waals surface area contributed by atoms with Crippen LogP contribution in [0.1, 0.15) is 45.8 Å². The number of hydrogen-bond acceptors (Lipinski definition) is 3. The summed E-state index contributed by atoms with van der Waals surface area (Å²) in [5, 5.41) is 0. The van der Waals surface area contributed by atoms with Crippen molar-refractivity contribution in [1.29, 1.82) is 0 Å². The zero-order chi connectivity index (χ0) is 20.8. The van der Waals surface area contributed by atoms with Gasteiger partial charge in [-0.3, -0.25) is 4.79 Å². The molecule has 30 heavy (non-hydrogen) atoms. The first kappa shape index (κ1) is 20.2. The van der Waals surface area contributed by atoms with Gasteiger partial charge in [-0.25, -0.2) is 0 Å². The van der Waals surface area contributed by atoms with Gasteiger partial charge >= 0.3 is 0 Å². The fraction of sp³-hybridized carbons (Fsp3) is 0.269. The number of hydrogen-bond donors (Lipinski definition) is 1. The zero-order valence-corrected chi connectivity index (χ0v) is 17.2. The normalized spacial score (nSPS) is 14.5. The van der Waals surface area contributed by atoms with Gasteiger partial charge in [-0.2, -0.15) is 0 Å². The predicted molar refractivity (Wildman–Crippen MR) is 119 cm³/mol. The molecule has 1 fully saturated rings. The molecule has 0 aromatic heterocycles. The molecule has 0 aliphatic carbocycles. The van der Waals surface area contributed by atoms with Crippen LogP contribution in [-0.4, -0.2) is 23.9 Å². The average Bonchev–Trinajstić information content (AvgIpc) is 2.83. The molecule has 0 spiro atoms. The largest absolute Gasteiger partial charge is 0.489 e. The Morgan fingerprint density at radius 1 is 0.900 bits per heavy atom. The number of likely N-dealkylation sites (tertiary alicyclic amines) is 1. The predicted octanol–water partition coefficient (Wildman–Crippen LogP) is 4.74. The molecule has 1 amide bonds. The van der Waals surface area contributed by atoms with Crippen molar-refractivity contribution < 1.29 is 9.53 Å². The summed E-state index contributed by atoms with van der Waals surface area (Å²) in [7, 11) is 0. The lowest BCUT2D eigenvalue weighted by molar-refractivity contribution is 0.0713. The van der Waals surface area contributed by atoms with E-state index in [1.165, 1.54) is 11.1 Å². The third kappa shape index (κ3) is 4.89. The highest BCUT2D eigenvalue weighted by Gasteiger charge is 2.24. The first-order valence-corrected chi connectivity index (χ1v) is 10.6. The number of rotatable bonds is 6. The molecule has 1 aliphatic rings. The van der Waals surface area contributed by atoms with E-state index in [-0.39, 0.29) is 5.91 Å². The Bertz CT molecular complexity index is 962. The van der Waals surface area contributed by atoms with E-state index in [0.29, 0.717) is 24.6 Å². The van der Waals surface area contributed by atoms with Crippen LogP contribution in [0.25, 0.3) is 0 Å². The second-order valence-electron chi connectivity index (χ2n) is 7.81. The van der Waals surface area contributed by atoms with Crippen LogP contribution in [-0.2, 0) is 13.2 Å². The lowest BCUT2D eigenvalue weighted by Gasteiger charge is -2.32. The smallest absolute Gasteiger partial charge is 0.253 e. The third-order valence-electron chi connectivity index (χ3n) is 5.79. The fourth-order valence-electron chi connectivity index (χ4n) is 4.01. The van der Waals surface area contributed by atoms with E-state index in [2.05, 4.69) is 24.3 Å².